The van der Waals surface area contributed by atoms with Gasteiger partial charge in [0.05, 0.1) is 28.0 Å². The number of nitrogens with zero attached hydrogens (tertiary/aromatic N) is 2. The Hall–Kier alpha value is -1.44. The third-order valence-corrected chi connectivity index (χ3v) is 4.89. The number of ether oxygens (including phenoxy) is 1. The van der Waals surface area contributed by atoms with Crippen LogP contribution in [0.3, 0.4) is 0 Å². The van der Waals surface area contributed by atoms with E-state index >= 15 is 0 Å². The van der Waals surface area contributed by atoms with E-state index in [1.54, 1.807) is 24.7 Å². The highest BCUT2D eigenvalue weighted by Crippen LogP contribution is 2.32. The van der Waals surface area contributed by atoms with Crippen molar-refractivity contribution >= 4 is 64.8 Å². The molecule has 7 heteroatoms. The summed E-state index contributed by atoms with van der Waals surface area (Å²) in [7, 11) is 1.63. The number of nitrogens with one attached hydrogen (secondary N) is 1. The van der Waals surface area contributed by atoms with Gasteiger partial charge in [-0.15, -0.1) is 0 Å². The normalized spacial score (nSPS) is 11.2. The number of fused-ring (bicyclic) bond motifs is 1. The Morgan fingerprint density at radius 1 is 1.27 bits per heavy atom. The van der Waals surface area contributed by atoms with Crippen molar-refractivity contribution in [3.05, 3.63) is 50.9 Å². The van der Waals surface area contributed by atoms with Gasteiger partial charge >= 0.3 is 0 Å². The fraction of sp³-hybridized carbons (Fsp3) is 0.0667. The van der Waals surface area contributed by atoms with E-state index in [-0.39, 0.29) is 0 Å². The molecule has 0 atom stereocenters. The van der Waals surface area contributed by atoms with Crippen molar-refractivity contribution in [2.75, 3.05) is 12.5 Å². The first kappa shape index (κ1) is 15.5. The first-order valence-corrected chi connectivity index (χ1v) is 8.75. The lowest BCUT2D eigenvalue weighted by atomic mass is 10.2. The number of anilines is 1. The van der Waals surface area contributed by atoms with Crippen LogP contribution in [0.15, 0.2) is 50.4 Å². The molecule has 1 heterocycles. The largest absolute Gasteiger partial charge is 0.495 e. The van der Waals surface area contributed by atoms with Crippen LogP contribution in [0.4, 0.5) is 5.13 Å². The minimum atomic E-state index is 0.734. The molecule has 0 saturated carbocycles. The van der Waals surface area contributed by atoms with Crippen LogP contribution in [0.25, 0.3) is 10.2 Å². The Morgan fingerprint density at radius 2 is 2.09 bits per heavy atom. The van der Waals surface area contributed by atoms with E-state index in [9.17, 15) is 0 Å². The summed E-state index contributed by atoms with van der Waals surface area (Å²) in [5.74, 6) is 0.734. The first-order valence-electron chi connectivity index (χ1n) is 6.35. The molecule has 1 aromatic heterocycles. The van der Waals surface area contributed by atoms with E-state index in [1.807, 2.05) is 36.4 Å². The van der Waals surface area contributed by atoms with Gasteiger partial charge in [-0.25, -0.2) is 4.98 Å². The van der Waals surface area contributed by atoms with E-state index in [0.717, 1.165) is 35.6 Å². The van der Waals surface area contributed by atoms with Crippen molar-refractivity contribution in [3.63, 3.8) is 0 Å². The molecule has 4 nitrogen and oxygen atoms in total. The topological polar surface area (TPSA) is 46.5 Å². The standard InChI is InChI=1S/C15H11Br2N3OS/c1-21-14-9(6-10(16)7-11(14)17)8-18-20-15-19-12-4-2-3-5-13(12)22-15/h2-8H,1H3,(H,19,20)/b18-8-. The molecular formula is C15H11Br2N3OS. The maximum Gasteiger partial charge on any atom is 0.204 e. The molecule has 0 radical (unpaired) electrons. The number of para-hydroxylation sites is 1. The number of halogens is 2. The Kier molecular flexibility index (Phi) is 4.75. The minimum absolute atomic E-state index is 0.734. The van der Waals surface area contributed by atoms with Gasteiger partial charge in [0, 0.05) is 10.0 Å². The number of hydrazone groups is 1. The lowest BCUT2D eigenvalue weighted by Gasteiger charge is -2.07. The van der Waals surface area contributed by atoms with Crippen LogP contribution in [-0.2, 0) is 0 Å². The lowest BCUT2D eigenvalue weighted by molar-refractivity contribution is 0.411. The van der Waals surface area contributed by atoms with E-state index < -0.39 is 0 Å². The molecule has 0 saturated heterocycles. The monoisotopic (exact) mass is 439 g/mol. The van der Waals surface area contributed by atoms with Crippen LogP contribution in [0.2, 0.25) is 0 Å². The van der Waals surface area contributed by atoms with Gasteiger partial charge in [-0.05, 0) is 40.2 Å². The third kappa shape index (κ3) is 3.31. The first-order chi connectivity index (χ1) is 10.7. The van der Waals surface area contributed by atoms with Gasteiger partial charge in [-0.2, -0.15) is 5.10 Å². The predicted octanol–water partition coefficient (Wildman–Crippen LogP) is 5.28. The maximum atomic E-state index is 5.38. The molecule has 3 aromatic rings. The molecule has 1 N–H and O–H groups in total. The second-order valence-electron chi connectivity index (χ2n) is 4.37. The smallest absolute Gasteiger partial charge is 0.204 e. The second-order valence-corrected chi connectivity index (χ2v) is 7.17. The zero-order chi connectivity index (χ0) is 15.5. The summed E-state index contributed by atoms with van der Waals surface area (Å²) in [5, 5.41) is 5.00. The third-order valence-electron chi connectivity index (χ3n) is 2.90. The van der Waals surface area contributed by atoms with Crippen molar-refractivity contribution in [1.29, 1.82) is 0 Å². The fourth-order valence-corrected chi connectivity index (χ4v) is 4.20. The van der Waals surface area contributed by atoms with Crippen molar-refractivity contribution in [1.82, 2.24) is 4.98 Å². The maximum absolute atomic E-state index is 5.38. The van der Waals surface area contributed by atoms with Crippen LogP contribution in [-0.4, -0.2) is 18.3 Å². The molecule has 0 bridgehead atoms. The molecule has 0 aliphatic carbocycles. The van der Waals surface area contributed by atoms with Crippen LogP contribution in [0, 0.1) is 0 Å². The molecular weight excluding hydrogens is 430 g/mol. The van der Waals surface area contributed by atoms with Gasteiger partial charge in [-0.3, -0.25) is 5.43 Å². The number of benzene rings is 2. The number of aromatic nitrogens is 1. The van der Waals surface area contributed by atoms with Gasteiger partial charge in [0.2, 0.25) is 5.13 Å². The molecule has 0 fully saturated rings. The Balaban J connectivity index is 1.82. The van der Waals surface area contributed by atoms with Crippen LogP contribution in [0.5, 0.6) is 5.75 Å². The summed E-state index contributed by atoms with van der Waals surface area (Å²) in [4.78, 5) is 4.47. The molecule has 3 rings (SSSR count). The summed E-state index contributed by atoms with van der Waals surface area (Å²) in [6.45, 7) is 0. The molecule has 0 aliphatic rings. The lowest BCUT2D eigenvalue weighted by Crippen LogP contribution is -1.95. The highest BCUT2D eigenvalue weighted by molar-refractivity contribution is 9.11. The second kappa shape index (κ2) is 6.76. The van der Waals surface area contributed by atoms with Gasteiger partial charge in [0.25, 0.3) is 0 Å². The molecule has 0 amide bonds. The summed E-state index contributed by atoms with van der Waals surface area (Å²) in [6, 6.07) is 11.9. The van der Waals surface area contributed by atoms with Crippen LogP contribution in [0.1, 0.15) is 5.56 Å². The zero-order valence-electron chi connectivity index (χ0n) is 11.5. The molecule has 2 aromatic carbocycles. The highest BCUT2D eigenvalue weighted by atomic mass is 79.9. The molecule has 112 valence electrons. The number of thiazole rings is 1. The van der Waals surface area contributed by atoms with Crippen molar-refractivity contribution in [2.45, 2.75) is 0 Å². The highest BCUT2D eigenvalue weighted by Gasteiger charge is 2.07. The molecule has 22 heavy (non-hydrogen) atoms. The Morgan fingerprint density at radius 3 is 2.86 bits per heavy atom. The summed E-state index contributed by atoms with van der Waals surface area (Å²) < 4.78 is 8.32. The van der Waals surface area contributed by atoms with Gasteiger partial charge in [0.1, 0.15) is 5.75 Å². The van der Waals surface area contributed by atoms with Gasteiger partial charge in [0.15, 0.2) is 0 Å². The summed E-state index contributed by atoms with van der Waals surface area (Å²) >= 11 is 8.49. The summed E-state index contributed by atoms with van der Waals surface area (Å²) in [5.41, 5.74) is 4.79. The van der Waals surface area contributed by atoms with E-state index in [0.29, 0.717) is 0 Å². The number of methoxy groups -OCH3 is 1. The van der Waals surface area contributed by atoms with E-state index in [1.165, 1.54) is 0 Å². The molecule has 0 unspecified atom stereocenters. The quantitative estimate of drug-likeness (QED) is 0.443. The number of rotatable bonds is 4. The molecule has 0 aliphatic heterocycles. The van der Waals surface area contributed by atoms with Crippen LogP contribution < -0.4 is 10.2 Å². The van der Waals surface area contributed by atoms with Gasteiger partial charge < -0.3 is 4.74 Å². The Bertz CT molecular complexity index is 815. The van der Waals surface area contributed by atoms with Crippen molar-refractivity contribution in [2.24, 2.45) is 5.10 Å². The Labute approximate surface area is 148 Å². The van der Waals surface area contributed by atoms with Crippen molar-refractivity contribution in [3.8, 4) is 5.75 Å². The zero-order valence-corrected chi connectivity index (χ0v) is 15.5. The number of hydrogen-bond donors (Lipinski definition) is 1. The molecule has 0 spiro atoms. The van der Waals surface area contributed by atoms with E-state index in [4.69, 9.17) is 4.74 Å². The van der Waals surface area contributed by atoms with Crippen LogP contribution >= 0.6 is 43.2 Å². The van der Waals surface area contributed by atoms with Crippen molar-refractivity contribution < 1.29 is 4.74 Å². The number of hydrogen-bond acceptors (Lipinski definition) is 5. The van der Waals surface area contributed by atoms with Gasteiger partial charge in [-0.1, -0.05) is 39.4 Å². The predicted molar refractivity (Wildman–Crippen MR) is 99.2 cm³/mol. The average Bonchev–Trinajstić information content (AvgIpc) is 2.89. The average molecular weight is 441 g/mol. The minimum Gasteiger partial charge on any atom is -0.495 e. The SMILES string of the molecule is COc1c(Br)cc(Br)cc1/C=N\Nc1nc2ccccc2s1. The fourth-order valence-electron chi connectivity index (χ4n) is 1.97. The summed E-state index contributed by atoms with van der Waals surface area (Å²) in [6.07, 6.45) is 1.71. The van der Waals surface area contributed by atoms with E-state index in [2.05, 4.69) is 47.4 Å².